The highest BCUT2D eigenvalue weighted by Crippen LogP contribution is 2.16. The molecular formula is C14H23ClN2O2S. The van der Waals surface area contributed by atoms with E-state index >= 15 is 0 Å². The second kappa shape index (κ2) is 9.91. The number of halogens is 1. The zero-order valence-corrected chi connectivity index (χ0v) is 13.8. The summed E-state index contributed by atoms with van der Waals surface area (Å²) >= 11 is 1.69. The summed E-state index contributed by atoms with van der Waals surface area (Å²) in [5.41, 5.74) is 7.93. The Hall–Kier alpha value is -0.910. The van der Waals surface area contributed by atoms with Gasteiger partial charge in [-0.25, -0.2) is 0 Å². The van der Waals surface area contributed by atoms with Crippen LogP contribution < -0.4 is 15.8 Å². The number of carbonyl (C=O) groups is 1. The maximum atomic E-state index is 11.8. The quantitative estimate of drug-likeness (QED) is 0.808. The number of amides is 1. The molecule has 3 N–H and O–H groups in total. The number of hydrogen-bond donors (Lipinski definition) is 2. The Morgan fingerprint density at radius 1 is 1.45 bits per heavy atom. The fourth-order valence-electron chi connectivity index (χ4n) is 1.74. The molecule has 0 saturated carbocycles. The number of benzene rings is 1. The van der Waals surface area contributed by atoms with Gasteiger partial charge in [-0.15, -0.1) is 12.4 Å². The van der Waals surface area contributed by atoms with E-state index in [4.69, 9.17) is 10.5 Å². The predicted molar refractivity (Wildman–Crippen MR) is 87.8 cm³/mol. The summed E-state index contributed by atoms with van der Waals surface area (Å²) in [6.45, 7) is 2.47. The number of rotatable bonds is 7. The number of aryl methyl sites for hydroxylation is 1. The van der Waals surface area contributed by atoms with Crippen molar-refractivity contribution in [1.82, 2.24) is 5.32 Å². The lowest BCUT2D eigenvalue weighted by Crippen LogP contribution is -2.40. The predicted octanol–water partition coefficient (Wildman–Crippen LogP) is 2.12. The Morgan fingerprint density at radius 3 is 2.75 bits per heavy atom. The first-order valence-corrected chi connectivity index (χ1v) is 7.63. The largest absolute Gasteiger partial charge is 0.497 e. The van der Waals surface area contributed by atoms with Gasteiger partial charge < -0.3 is 15.8 Å². The Morgan fingerprint density at radius 2 is 2.15 bits per heavy atom. The van der Waals surface area contributed by atoms with Crippen molar-refractivity contribution in [1.29, 1.82) is 0 Å². The maximum absolute atomic E-state index is 11.8. The molecule has 114 valence electrons. The van der Waals surface area contributed by atoms with Gasteiger partial charge in [0, 0.05) is 6.54 Å². The van der Waals surface area contributed by atoms with Crippen molar-refractivity contribution in [3.8, 4) is 5.75 Å². The van der Waals surface area contributed by atoms with E-state index in [1.807, 2.05) is 31.4 Å². The number of nitrogens with one attached hydrogen (secondary N) is 1. The van der Waals surface area contributed by atoms with Gasteiger partial charge in [-0.05, 0) is 48.6 Å². The van der Waals surface area contributed by atoms with Crippen LogP contribution in [0.15, 0.2) is 18.2 Å². The highest BCUT2D eigenvalue weighted by molar-refractivity contribution is 7.98. The van der Waals surface area contributed by atoms with Gasteiger partial charge in [0.1, 0.15) is 5.75 Å². The molecule has 1 aromatic carbocycles. The average Bonchev–Trinajstić information content (AvgIpc) is 2.41. The molecule has 1 rings (SSSR count). The van der Waals surface area contributed by atoms with Gasteiger partial charge in [0.2, 0.25) is 5.91 Å². The van der Waals surface area contributed by atoms with Gasteiger partial charge in [0.25, 0.3) is 0 Å². The molecule has 20 heavy (non-hydrogen) atoms. The van der Waals surface area contributed by atoms with Gasteiger partial charge in [-0.2, -0.15) is 11.8 Å². The summed E-state index contributed by atoms with van der Waals surface area (Å²) in [6.07, 6.45) is 2.70. The third kappa shape index (κ3) is 6.50. The fourth-order valence-corrected chi connectivity index (χ4v) is 2.23. The van der Waals surface area contributed by atoms with E-state index in [0.717, 1.165) is 22.6 Å². The third-order valence-corrected chi connectivity index (χ3v) is 3.43. The zero-order chi connectivity index (χ0) is 14.3. The zero-order valence-electron chi connectivity index (χ0n) is 12.1. The molecule has 0 radical (unpaired) electrons. The van der Waals surface area contributed by atoms with Crippen LogP contribution in [-0.2, 0) is 11.3 Å². The van der Waals surface area contributed by atoms with Gasteiger partial charge in [-0.1, -0.05) is 6.07 Å². The lowest BCUT2D eigenvalue weighted by Gasteiger charge is -2.12. The standard InChI is InChI=1S/C14H22N2O2S.ClH/c1-10-6-11(8-12(7-10)18-2)9-16-14(17)13(15)4-5-19-3;/h6-8,13H,4-5,9,15H2,1-3H3,(H,16,17);1H. The highest BCUT2D eigenvalue weighted by atomic mass is 35.5. The first-order chi connectivity index (χ1) is 9.06. The number of methoxy groups -OCH3 is 1. The fraction of sp³-hybridized carbons (Fsp3) is 0.500. The number of ether oxygens (including phenoxy) is 1. The number of hydrogen-bond acceptors (Lipinski definition) is 4. The SMILES string of the molecule is COc1cc(C)cc(CNC(=O)C(N)CCSC)c1.Cl. The summed E-state index contributed by atoms with van der Waals surface area (Å²) < 4.78 is 5.20. The average molecular weight is 319 g/mol. The van der Waals surface area contributed by atoms with Gasteiger partial charge in [-0.3, -0.25) is 4.79 Å². The first-order valence-electron chi connectivity index (χ1n) is 6.23. The molecule has 0 aliphatic carbocycles. The molecule has 0 heterocycles. The van der Waals surface area contributed by atoms with Crippen LogP contribution in [-0.4, -0.2) is 31.1 Å². The van der Waals surface area contributed by atoms with Crippen LogP contribution in [0.5, 0.6) is 5.75 Å². The van der Waals surface area contributed by atoms with Gasteiger partial charge in [0.05, 0.1) is 13.2 Å². The molecule has 1 unspecified atom stereocenters. The highest BCUT2D eigenvalue weighted by Gasteiger charge is 2.12. The Balaban J connectivity index is 0.00000361. The van der Waals surface area contributed by atoms with E-state index in [2.05, 4.69) is 5.32 Å². The van der Waals surface area contributed by atoms with Gasteiger partial charge >= 0.3 is 0 Å². The summed E-state index contributed by atoms with van der Waals surface area (Å²) in [7, 11) is 1.63. The van der Waals surface area contributed by atoms with Crippen molar-refractivity contribution < 1.29 is 9.53 Å². The third-order valence-electron chi connectivity index (χ3n) is 2.78. The topological polar surface area (TPSA) is 64.3 Å². The molecule has 0 saturated heterocycles. The monoisotopic (exact) mass is 318 g/mol. The van der Waals surface area contributed by atoms with Crippen LogP contribution in [0.3, 0.4) is 0 Å². The lowest BCUT2D eigenvalue weighted by atomic mass is 10.1. The molecule has 1 atom stereocenters. The Kier molecular flexibility index (Phi) is 9.46. The maximum Gasteiger partial charge on any atom is 0.237 e. The second-order valence-corrected chi connectivity index (χ2v) is 5.45. The van der Waals surface area contributed by atoms with E-state index in [1.165, 1.54) is 0 Å². The van der Waals surface area contributed by atoms with E-state index in [9.17, 15) is 4.79 Å². The number of thioether (sulfide) groups is 1. The number of carbonyl (C=O) groups excluding carboxylic acids is 1. The molecule has 0 spiro atoms. The van der Waals surface area contributed by atoms with E-state index in [1.54, 1.807) is 18.9 Å². The first kappa shape index (κ1) is 19.1. The Bertz CT molecular complexity index is 430. The summed E-state index contributed by atoms with van der Waals surface area (Å²) in [5.74, 6) is 1.60. The van der Waals surface area contributed by atoms with Crippen LogP contribution in [0.1, 0.15) is 17.5 Å². The smallest absolute Gasteiger partial charge is 0.237 e. The molecule has 0 aliphatic heterocycles. The second-order valence-electron chi connectivity index (χ2n) is 4.46. The van der Waals surface area contributed by atoms with Crippen molar-refractivity contribution in [2.24, 2.45) is 5.73 Å². The van der Waals surface area contributed by atoms with Crippen molar-refractivity contribution >= 4 is 30.1 Å². The molecule has 0 fully saturated rings. The van der Waals surface area contributed by atoms with E-state index < -0.39 is 6.04 Å². The van der Waals surface area contributed by atoms with Crippen molar-refractivity contribution in [3.05, 3.63) is 29.3 Å². The minimum absolute atomic E-state index is 0. The molecule has 0 aliphatic rings. The van der Waals surface area contributed by atoms with Crippen LogP contribution in [0, 0.1) is 6.92 Å². The van der Waals surface area contributed by atoms with Crippen LogP contribution in [0.25, 0.3) is 0 Å². The van der Waals surface area contributed by atoms with Crippen LogP contribution in [0.4, 0.5) is 0 Å². The van der Waals surface area contributed by atoms with Crippen molar-refractivity contribution in [2.45, 2.75) is 25.9 Å². The normalized spacial score (nSPS) is 11.4. The van der Waals surface area contributed by atoms with E-state index in [-0.39, 0.29) is 18.3 Å². The summed E-state index contributed by atoms with van der Waals surface area (Å²) in [5, 5.41) is 2.86. The molecule has 0 aromatic heterocycles. The molecule has 6 heteroatoms. The molecule has 1 amide bonds. The lowest BCUT2D eigenvalue weighted by molar-refractivity contribution is -0.122. The van der Waals surface area contributed by atoms with Gasteiger partial charge in [0.15, 0.2) is 0 Å². The van der Waals surface area contributed by atoms with Crippen LogP contribution >= 0.6 is 24.2 Å². The van der Waals surface area contributed by atoms with Crippen LogP contribution in [0.2, 0.25) is 0 Å². The molecule has 1 aromatic rings. The summed E-state index contributed by atoms with van der Waals surface area (Å²) in [6, 6.07) is 5.46. The van der Waals surface area contributed by atoms with E-state index in [0.29, 0.717) is 13.0 Å². The molecule has 4 nitrogen and oxygen atoms in total. The minimum atomic E-state index is -0.431. The Labute approximate surface area is 131 Å². The minimum Gasteiger partial charge on any atom is -0.497 e. The molecular weight excluding hydrogens is 296 g/mol. The van der Waals surface area contributed by atoms with Crippen molar-refractivity contribution in [2.75, 3.05) is 19.1 Å². The summed E-state index contributed by atoms with van der Waals surface area (Å²) in [4.78, 5) is 11.8. The molecule has 0 bridgehead atoms. The van der Waals surface area contributed by atoms with Crippen molar-refractivity contribution in [3.63, 3.8) is 0 Å². The number of nitrogens with two attached hydrogens (primary N) is 1.